The molecule has 0 bridgehead atoms. The third kappa shape index (κ3) is 6.89. The van der Waals surface area contributed by atoms with Gasteiger partial charge in [-0.2, -0.15) is 0 Å². The van der Waals surface area contributed by atoms with Gasteiger partial charge in [-0.3, -0.25) is 14.4 Å². The van der Waals surface area contributed by atoms with Crippen LogP contribution in [-0.4, -0.2) is 31.8 Å². The Kier molecular flexibility index (Phi) is 8.02. The van der Waals surface area contributed by atoms with Gasteiger partial charge in [-0.15, -0.1) is 0 Å². The molecule has 0 saturated carbocycles. The number of aryl methyl sites for hydroxylation is 1. The minimum atomic E-state index is -3.88. The van der Waals surface area contributed by atoms with Gasteiger partial charge in [-0.25, -0.2) is 0 Å². The third-order valence-electron chi connectivity index (χ3n) is 4.07. The van der Waals surface area contributed by atoms with E-state index in [1.165, 1.54) is 0 Å². The van der Waals surface area contributed by atoms with Crippen molar-refractivity contribution in [2.75, 3.05) is 0 Å². The van der Waals surface area contributed by atoms with Crippen LogP contribution in [0, 0.1) is 0 Å². The van der Waals surface area contributed by atoms with Crippen molar-refractivity contribution in [2.45, 2.75) is 39.7 Å². The summed E-state index contributed by atoms with van der Waals surface area (Å²) in [6, 6.07) is 12.4. The Balaban J connectivity index is 2.26. The zero-order chi connectivity index (χ0) is 22.3. The van der Waals surface area contributed by atoms with E-state index in [-0.39, 0.29) is 11.8 Å². The molecular formula is C21H23ClO7Si. The average Bonchev–Trinajstić information content (AvgIpc) is 2.61. The number of carbonyl (C=O) groups is 3. The van der Waals surface area contributed by atoms with E-state index in [9.17, 15) is 19.5 Å². The van der Waals surface area contributed by atoms with Crippen LogP contribution in [0.2, 0.25) is 11.1 Å². The number of phenols is 1. The van der Waals surface area contributed by atoms with Crippen molar-refractivity contribution < 1.29 is 32.8 Å². The highest BCUT2D eigenvalue weighted by Crippen LogP contribution is 2.30. The summed E-state index contributed by atoms with van der Waals surface area (Å²) in [5, 5.41) is 10.5. The van der Waals surface area contributed by atoms with Gasteiger partial charge < -0.3 is 18.4 Å². The van der Waals surface area contributed by atoms with E-state index in [2.05, 4.69) is 0 Å². The molecule has 0 saturated heterocycles. The molecule has 0 amide bonds. The minimum Gasteiger partial charge on any atom is -0.508 e. The van der Waals surface area contributed by atoms with Gasteiger partial charge in [0.1, 0.15) is 5.75 Å². The Morgan fingerprint density at radius 3 is 1.93 bits per heavy atom. The number of phenolic OH excluding ortho intramolecular Hbond substituents is 1. The number of benzene rings is 2. The minimum absolute atomic E-state index is 0.0570. The summed E-state index contributed by atoms with van der Waals surface area (Å²) in [6.07, 6.45) is 0.828. The normalized spacial score (nSPS) is 10.9. The fourth-order valence-electron chi connectivity index (χ4n) is 3.07. The van der Waals surface area contributed by atoms with Crippen molar-refractivity contribution in [1.82, 2.24) is 0 Å². The van der Waals surface area contributed by atoms with Crippen molar-refractivity contribution in [3.63, 3.8) is 0 Å². The maximum absolute atomic E-state index is 11.6. The molecule has 7 nitrogen and oxygen atoms in total. The molecule has 1 N–H and O–H groups in total. The molecule has 2 rings (SSSR count). The molecule has 0 aliphatic rings. The highest BCUT2D eigenvalue weighted by atomic mass is 35.5. The second kappa shape index (κ2) is 10.3. The van der Waals surface area contributed by atoms with Crippen molar-refractivity contribution in [2.24, 2.45) is 0 Å². The fourth-order valence-corrected chi connectivity index (χ4v) is 5.55. The first-order valence-electron chi connectivity index (χ1n) is 9.27. The van der Waals surface area contributed by atoms with Gasteiger partial charge in [0.15, 0.2) is 0 Å². The number of halogens is 1. The second-order valence-electron chi connectivity index (χ2n) is 6.67. The fraction of sp³-hybridized carbons (Fsp3) is 0.286. The quantitative estimate of drug-likeness (QED) is 0.599. The zero-order valence-corrected chi connectivity index (χ0v) is 18.7. The average molecular weight is 451 g/mol. The third-order valence-corrected chi connectivity index (χ3v) is 7.08. The molecule has 0 aliphatic heterocycles. The summed E-state index contributed by atoms with van der Waals surface area (Å²) in [7, 11) is -3.88. The Labute approximate surface area is 180 Å². The number of hydrogen-bond acceptors (Lipinski definition) is 7. The molecule has 2 aromatic carbocycles. The first kappa shape index (κ1) is 23.4. The molecule has 2 aromatic rings. The van der Waals surface area contributed by atoms with Gasteiger partial charge in [-0.05, 0) is 53.8 Å². The summed E-state index contributed by atoms with van der Waals surface area (Å²) in [5.74, 6) is -2.01. The molecule has 0 spiro atoms. The van der Waals surface area contributed by atoms with Crippen molar-refractivity contribution in [3.8, 4) is 16.9 Å². The topological polar surface area (TPSA) is 99.1 Å². The van der Waals surface area contributed by atoms with Gasteiger partial charge in [-0.1, -0.05) is 29.8 Å². The first-order valence-corrected chi connectivity index (χ1v) is 11.6. The van der Waals surface area contributed by atoms with Gasteiger partial charge in [0.05, 0.1) is 6.04 Å². The van der Waals surface area contributed by atoms with Crippen LogP contribution < -0.4 is 0 Å². The Bertz CT molecular complexity index is 887. The number of hydrogen-bond donors (Lipinski definition) is 1. The summed E-state index contributed by atoms with van der Waals surface area (Å²) in [4.78, 5) is 34.7. The summed E-state index contributed by atoms with van der Waals surface area (Å²) < 4.78 is 15.6. The van der Waals surface area contributed by atoms with Crippen LogP contribution in [-0.2, 0) is 34.1 Å². The van der Waals surface area contributed by atoms with E-state index in [0.29, 0.717) is 17.9 Å². The van der Waals surface area contributed by atoms with E-state index in [4.69, 9.17) is 24.9 Å². The lowest BCUT2D eigenvalue weighted by Crippen LogP contribution is -2.49. The van der Waals surface area contributed by atoms with Gasteiger partial charge >= 0.3 is 8.80 Å². The lowest BCUT2D eigenvalue weighted by atomic mass is 9.96. The summed E-state index contributed by atoms with van der Waals surface area (Å²) >= 11 is 5.96. The van der Waals surface area contributed by atoms with Crippen LogP contribution in [0.4, 0.5) is 0 Å². The number of rotatable bonds is 8. The lowest BCUT2D eigenvalue weighted by Gasteiger charge is -2.26. The maximum Gasteiger partial charge on any atom is 0.705 e. The Morgan fingerprint density at radius 1 is 0.900 bits per heavy atom. The second-order valence-corrected chi connectivity index (χ2v) is 9.58. The zero-order valence-electron chi connectivity index (χ0n) is 16.9. The van der Waals surface area contributed by atoms with Gasteiger partial charge in [0.2, 0.25) is 0 Å². The Morgan fingerprint density at radius 2 is 1.43 bits per heavy atom. The predicted octanol–water partition coefficient (Wildman–Crippen LogP) is 4.27. The molecule has 0 aliphatic carbocycles. The van der Waals surface area contributed by atoms with Crippen LogP contribution >= 0.6 is 11.6 Å². The standard InChI is InChI=1S/C21H23ClO7Si/c1-14(23)27-30(28-15(2)24,29-16(3)25)12-4-5-18-13-20(26)10-11-21(18)17-6-8-19(22)9-7-17/h6-11,13,26H,4-5,12H2,1-3H3. The molecular weight excluding hydrogens is 428 g/mol. The smallest absolute Gasteiger partial charge is 0.508 e. The molecule has 0 unspecified atom stereocenters. The van der Waals surface area contributed by atoms with Crippen molar-refractivity contribution in [3.05, 3.63) is 53.1 Å². The maximum atomic E-state index is 11.6. The van der Waals surface area contributed by atoms with E-state index in [1.807, 2.05) is 12.1 Å². The largest absolute Gasteiger partial charge is 0.705 e. The van der Waals surface area contributed by atoms with Crippen LogP contribution in [0.1, 0.15) is 32.8 Å². The molecule has 0 heterocycles. The van der Waals surface area contributed by atoms with E-state index < -0.39 is 26.7 Å². The number of aromatic hydroxyl groups is 1. The monoisotopic (exact) mass is 450 g/mol. The van der Waals surface area contributed by atoms with Crippen LogP contribution in [0.25, 0.3) is 11.1 Å². The summed E-state index contributed by atoms with van der Waals surface area (Å²) in [5.41, 5.74) is 2.63. The lowest BCUT2D eigenvalue weighted by molar-refractivity contribution is -0.147. The Hall–Kier alpha value is -2.84. The molecule has 30 heavy (non-hydrogen) atoms. The predicted molar refractivity (Wildman–Crippen MR) is 113 cm³/mol. The molecule has 9 heteroatoms. The SMILES string of the molecule is CC(=O)O[Si](CCCc1cc(O)ccc1-c1ccc(Cl)cc1)(OC(C)=O)OC(C)=O. The van der Waals surface area contributed by atoms with Gasteiger partial charge in [0.25, 0.3) is 17.9 Å². The molecule has 0 fully saturated rings. The van der Waals surface area contributed by atoms with E-state index >= 15 is 0 Å². The van der Waals surface area contributed by atoms with Crippen molar-refractivity contribution >= 4 is 38.3 Å². The summed E-state index contributed by atoms with van der Waals surface area (Å²) in [6.45, 7) is 3.47. The van der Waals surface area contributed by atoms with E-state index in [1.54, 1.807) is 30.3 Å². The van der Waals surface area contributed by atoms with Crippen molar-refractivity contribution in [1.29, 1.82) is 0 Å². The van der Waals surface area contributed by atoms with E-state index in [0.717, 1.165) is 37.5 Å². The molecule has 0 aromatic heterocycles. The highest BCUT2D eigenvalue weighted by molar-refractivity contribution is 6.65. The molecule has 160 valence electrons. The van der Waals surface area contributed by atoms with Crippen LogP contribution in [0.3, 0.4) is 0 Å². The highest BCUT2D eigenvalue weighted by Gasteiger charge is 2.51. The molecule has 0 radical (unpaired) electrons. The van der Waals surface area contributed by atoms with Crippen LogP contribution in [0.5, 0.6) is 5.75 Å². The van der Waals surface area contributed by atoms with Crippen LogP contribution in [0.15, 0.2) is 42.5 Å². The molecule has 0 atom stereocenters. The van der Waals surface area contributed by atoms with Gasteiger partial charge in [0, 0.05) is 25.8 Å². The first-order chi connectivity index (χ1) is 14.1. The number of carbonyl (C=O) groups excluding carboxylic acids is 3.